The predicted molar refractivity (Wildman–Crippen MR) is 81.6 cm³/mol. The van der Waals surface area contributed by atoms with Gasteiger partial charge in [0.15, 0.2) is 11.5 Å². The molecule has 0 fully saturated rings. The number of aromatic nitrogens is 4. The third-order valence-corrected chi connectivity index (χ3v) is 2.79. The van der Waals surface area contributed by atoms with Crippen LogP contribution in [0.25, 0.3) is 11.2 Å². The van der Waals surface area contributed by atoms with Gasteiger partial charge in [-0.1, -0.05) is 6.92 Å². The molecule has 3 N–H and O–H groups in total. The highest BCUT2D eigenvalue weighted by atomic mass is 16.5. The molecule has 8 heteroatoms. The van der Waals surface area contributed by atoms with Crippen LogP contribution in [0.15, 0.2) is 6.33 Å². The number of aromatic amines is 1. The van der Waals surface area contributed by atoms with Gasteiger partial charge in [-0.25, -0.2) is 4.98 Å². The molecule has 0 aliphatic rings. The Hall–Kier alpha value is -1.93. The van der Waals surface area contributed by atoms with Crippen molar-refractivity contribution >= 4 is 22.9 Å². The van der Waals surface area contributed by atoms with E-state index in [0.717, 1.165) is 24.3 Å². The maximum atomic E-state index is 5.41. The number of nitrogens with one attached hydrogen (secondary N) is 3. The molecule has 0 unspecified atom stereocenters. The summed E-state index contributed by atoms with van der Waals surface area (Å²) in [6, 6.07) is 0. The monoisotopic (exact) mass is 294 g/mol. The summed E-state index contributed by atoms with van der Waals surface area (Å²) in [6.07, 6.45) is 2.63. The van der Waals surface area contributed by atoms with Gasteiger partial charge in [0.2, 0.25) is 5.95 Å². The summed E-state index contributed by atoms with van der Waals surface area (Å²) >= 11 is 0. The lowest BCUT2D eigenvalue weighted by Gasteiger charge is -2.09. The van der Waals surface area contributed by atoms with Crippen LogP contribution in [-0.4, -0.2) is 60.0 Å². The lowest BCUT2D eigenvalue weighted by Crippen LogP contribution is -2.14. The number of nitrogens with zero attached hydrogens (tertiary/aromatic N) is 3. The molecule has 0 amide bonds. The van der Waals surface area contributed by atoms with Gasteiger partial charge in [0.05, 0.1) is 26.1 Å². The molecule has 0 aliphatic carbocycles. The molecule has 21 heavy (non-hydrogen) atoms. The van der Waals surface area contributed by atoms with E-state index in [4.69, 9.17) is 9.47 Å². The molecule has 116 valence electrons. The van der Waals surface area contributed by atoms with Crippen molar-refractivity contribution in [1.82, 2.24) is 19.9 Å². The van der Waals surface area contributed by atoms with Crippen LogP contribution in [-0.2, 0) is 9.47 Å². The van der Waals surface area contributed by atoms with Crippen molar-refractivity contribution in [3.8, 4) is 0 Å². The lowest BCUT2D eigenvalue weighted by atomic mass is 10.4. The molecule has 0 saturated carbocycles. The van der Waals surface area contributed by atoms with Gasteiger partial charge in [0.25, 0.3) is 0 Å². The zero-order valence-corrected chi connectivity index (χ0v) is 12.5. The van der Waals surface area contributed by atoms with Crippen LogP contribution in [0.3, 0.4) is 0 Å². The molecule has 0 saturated heterocycles. The second kappa shape index (κ2) is 8.38. The largest absolute Gasteiger partial charge is 0.382 e. The minimum Gasteiger partial charge on any atom is -0.382 e. The Bertz CT molecular complexity index is 544. The topological polar surface area (TPSA) is 97.0 Å². The van der Waals surface area contributed by atoms with Crippen molar-refractivity contribution in [2.75, 3.05) is 50.7 Å². The molecule has 0 spiro atoms. The summed E-state index contributed by atoms with van der Waals surface area (Å²) in [5.74, 6) is 1.31. The molecule has 0 atom stereocenters. The van der Waals surface area contributed by atoms with E-state index in [1.807, 2.05) is 0 Å². The summed E-state index contributed by atoms with van der Waals surface area (Å²) in [5.41, 5.74) is 1.44. The smallest absolute Gasteiger partial charge is 0.226 e. The molecule has 8 nitrogen and oxygen atoms in total. The van der Waals surface area contributed by atoms with Crippen LogP contribution < -0.4 is 10.6 Å². The van der Waals surface area contributed by atoms with Crippen molar-refractivity contribution in [2.45, 2.75) is 13.3 Å². The minimum atomic E-state index is 0.583. The van der Waals surface area contributed by atoms with E-state index < -0.39 is 0 Å². The number of imidazole rings is 1. The highest BCUT2D eigenvalue weighted by molar-refractivity contribution is 5.83. The van der Waals surface area contributed by atoms with Crippen LogP contribution in [0, 0.1) is 0 Å². The van der Waals surface area contributed by atoms with Crippen LogP contribution in [0.4, 0.5) is 11.8 Å². The van der Waals surface area contributed by atoms with E-state index >= 15 is 0 Å². The molecule has 0 aromatic carbocycles. The minimum absolute atomic E-state index is 0.583. The zero-order valence-electron chi connectivity index (χ0n) is 12.5. The number of rotatable bonds is 10. The average Bonchev–Trinajstić information content (AvgIpc) is 2.97. The summed E-state index contributed by atoms with van der Waals surface area (Å²) in [5, 5.41) is 6.41. The van der Waals surface area contributed by atoms with Gasteiger partial charge in [0, 0.05) is 20.2 Å². The van der Waals surface area contributed by atoms with Gasteiger partial charge in [-0.3, -0.25) is 0 Å². The number of H-pyrrole nitrogens is 1. The fraction of sp³-hybridized carbons (Fsp3) is 0.615. The molecule has 0 aliphatic heterocycles. The van der Waals surface area contributed by atoms with E-state index in [0.29, 0.717) is 38.0 Å². The molecule has 2 heterocycles. The Morgan fingerprint density at radius 1 is 1.14 bits per heavy atom. The Kier molecular flexibility index (Phi) is 6.17. The first-order valence-corrected chi connectivity index (χ1v) is 7.10. The molecule has 0 bridgehead atoms. The van der Waals surface area contributed by atoms with Crippen molar-refractivity contribution in [2.24, 2.45) is 0 Å². The Balaban J connectivity index is 1.95. The SMILES string of the molecule is CCCNc1nc(NCCOCCOC)c2[nH]cnc2n1. The van der Waals surface area contributed by atoms with Crippen LogP contribution in [0.5, 0.6) is 0 Å². The van der Waals surface area contributed by atoms with Crippen molar-refractivity contribution in [3.05, 3.63) is 6.33 Å². The van der Waals surface area contributed by atoms with E-state index in [-0.39, 0.29) is 0 Å². The summed E-state index contributed by atoms with van der Waals surface area (Å²) in [7, 11) is 1.66. The summed E-state index contributed by atoms with van der Waals surface area (Å²) in [6.45, 7) is 5.35. The van der Waals surface area contributed by atoms with E-state index in [2.05, 4.69) is 37.5 Å². The van der Waals surface area contributed by atoms with Crippen LogP contribution in [0.1, 0.15) is 13.3 Å². The Labute approximate surface area is 123 Å². The summed E-state index contributed by atoms with van der Waals surface area (Å²) in [4.78, 5) is 16.0. The maximum absolute atomic E-state index is 5.41. The number of fused-ring (bicyclic) bond motifs is 1. The first kappa shape index (κ1) is 15.5. The number of methoxy groups -OCH3 is 1. The van der Waals surface area contributed by atoms with Gasteiger partial charge in [-0.2, -0.15) is 9.97 Å². The van der Waals surface area contributed by atoms with Crippen molar-refractivity contribution < 1.29 is 9.47 Å². The number of anilines is 2. The van der Waals surface area contributed by atoms with Gasteiger partial charge in [-0.15, -0.1) is 0 Å². The normalized spacial score (nSPS) is 11.0. The maximum Gasteiger partial charge on any atom is 0.226 e. The fourth-order valence-electron chi connectivity index (χ4n) is 1.76. The van der Waals surface area contributed by atoms with Gasteiger partial charge < -0.3 is 25.1 Å². The average molecular weight is 294 g/mol. The van der Waals surface area contributed by atoms with Crippen molar-refractivity contribution in [3.63, 3.8) is 0 Å². The summed E-state index contributed by atoms with van der Waals surface area (Å²) < 4.78 is 10.3. The van der Waals surface area contributed by atoms with E-state index in [1.165, 1.54) is 0 Å². The van der Waals surface area contributed by atoms with Crippen molar-refractivity contribution in [1.29, 1.82) is 0 Å². The van der Waals surface area contributed by atoms with Gasteiger partial charge in [0.1, 0.15) is 5.52 Å². The Morgan fingerprint density at radius 2 is 2.05 bits per heavy atom. The second-order valence-corrected chi connectivity index (χ2v) is 4.46. The van der Waals surface area contributed by atoms with E-state index in [1.54, 1.807) is 13.4 Å². The molecular weight excluding hydrogens is 272 g/mol. The first-order valence-electron chi connectivity index (χ1n) is 7.10. The number of hydrogen-bond acceptors (Lipinski definition) is 7. The Morgan fingerprint density at radius 3 is 2.86 bits per heavy atom. The predicted octanol–water partition coefficient (Wildman–Crippen LogP) is 1.25. The van der Waals surface area contributed by atoms with Gasteiger partial charge >= 0.3 is 0 Å². The highest BCUT2D eigenvalue weighted by Crippen LogP contribution is 2.18. The third-order valence-electron chi connectivity index (χ3n) is 2.79. The zero-order chi connectivity index (χ0) is 14.9. The standard InChI is InChI=1S/C13H22N6O2/c1-3-4-15-13-18-11(10-12(19-13)17-9-16-10)14-5-6-21-8-7-20-2/h9H,3-8H2,1-2H3,(H3,14,15,16,17,18,19). The fourth-order valence-corrected chi connectivity index (χ4v) is 1.76. The molecular formula is C13H22N6O2. The van der Waals surface area contributed by atoms with Gasteiger partial charge in [-0.05, 0) is 6.42 Å². The number of ether oxygens (including phenoxy) is 2. The van der Waals surface area contributed by atoms with Crippen LogP contribution in [0.2, 0.25) is 0 Å². The first-order chi connectivity index (χ1) is 10.3. The molecule has 2 aromatic heterocycles. The molecule has 2 rings (SSSR count). The lowest BCUT2D eigenvalue weighted by molar-refractivity contribution is 0.0759. The second-order valence-electron chi connectivity index (χ2n) is 4.46. The molecule has 0 radical (unpaired) electrons. The molecule has 2 aromatic rings. The third kappa shape index (κ3) is 4.54. The number of hydrogen-bond donors (Lipinski definition) is 3. The van der Waals surface area contributed by atoms with Crippen LogP contribution >= 0.6 is 0 Å². The van der Waals surface area contributed by atoms with E-state index in [9.17, 15) is 0 Å². The quantitative estimate of drug-likeness (QED) is 0.567. The highest BCUT2D eigenvalue weighted by Gasteiger charge is 2.09.